The molecule has 0 saturated heterocycles. The van der Waals surface area contributed by atoms with Gasteiger partial charge in [0, 0.05) is 43.0 Å². The van der Waals surface area contributed by atoms with Crippen molar-refractivity contribution in [3.8, 4) is 0 Å². The molecule has 0 heterocycles. The van der Waals surface area contributed by atoms with Crippen LogP contribution >= 0.6 is 0 Å². The number of anilines is 2. The van der Waals surface area contributed by atoms with E-state index in [1.807, 2.05) is 30.3 Å². The van der Waals surface area contributed by atoms with Crippen molar-refractivity contribution in [3.05, 3.63) is 64.7 Å². The normalized spacial score (nSPS) is 10.5. The molecule has 0 bridgehead atoms. The van der Waals surface area contributed by atoms with Crippen molar-refractivity contribution in [1.82, 2.24) is 5.32 Å². The highest BCUT2D eigenvalue weighted by Crippen LogP contribution is 2.18. The van der Waals surface area contributed by atoms with E-state index in [1.54, 1.807) is 0 Å². The number of nitro benzene ring substituents is 1. The van der Waals surface area contributed by atoms with Gasteiger partial charge in [-0.15, -0.1) is 0 Å². The van der Waals surface area contributed by atoms with Gasteiger partial charge in [0.2, 0.25) is 5.91 Å². The summed E-state index contributed by atoms with van der Waals surface area (Å²) in [6, 6.07) is 14.4. The summed E-state index contributed by atoms with van der Waals surface area (Å²) < 4.78 is 0. The SMILES string of the molecule is CCCCCCCCCC(=O)NCCN(C(=O)Nc1ccc([N+](=O)[O-])cc1)c1ccccc1. The first-order valence-electron chi connectivity index (χ1n) is 11.7. The zero-order valence-electron chi connectivity index (χ0n) is 19.3. The van der Waals surface area contributed by atoms with Crippen molar-refractivity contribution in [2.75, 3.05) is 23.3 Å². The number of non-ortho nitro benzene ring substituents is 1. The van der Waals surface area contributed by atoms with Crippen molar-refractivity contribution in [2.24, 2.45) is 0 Å². The molecular formula is C25H34N4O4. The minimum atomic E-state index is -0.489. The molecule has 0 fully saturated rings. The Morgan fingerprint density at radius 3 is 2.18 bits per heavy atom. The highest BCUT2D eigenvalue weighted by atomic mass is 16.6. The van der Waals surface area contributed by atoms with Gasteiger partial charge in [0.25, 0.3) is 5.69 Å². The number of carbonyl (C=O) groups is 2. The Bertz CT molecular complexity index is 872. The number of hydrogen-bond donors (Lipinski definition) is 2. The molecule has 2 aromatic carbocycles. The molecule has 33 heavy (non-hydrogen) atoms. The van der Waals surface area contributed by atoms with Crippen molar-refractivity contribution in [3.63, 3.8) is 0 Å². The highest BCUT2D eigenvalue weighted by Gasteiger charge is 2.16. The second kappa shape index (κ2) is 14.6. The second-order valence-electron chi connectivity index (χ2n) is 7.94. The van der Waals surface area contributed by atoms with Gasteiger partial charge in [0.15, 0.2) is 0 Å². The minimum Gasteiger partial charge on any atom is -0.354 e. The molecule has 0 aliphatic heterocycles. The maximum absolute atomic E-state index is 12.9. The van der Waals surface area contributed by atoms with E-state index in [9.17, 15) is 19.7 Å². The van der Waals surface area contributed by atoms with Gasteiger partial charge < -0.3 is 10.6 Å². The number of para-hydroxylation sites is 1. The number of nitrogens with zero attached hydrogens (tertiary/aromatic N) is 2. The third-order valence-electron chi connectivity index (χ3n) is 5.31. The maximum Gasteiger partial charge on any atom is 0.326 e. The van der Waals surface area contributed by atoms with Crippen LogP contribution in [0.5, 0.6) is 0 Å². The molecule has 2 N–H and O–H groups in total. The van der Waals surface area contributed by atoms with Gasteiger partial charge in [-0.1, -0.05) is 63.6 Å². The fourth-order valence-electron chi connectivity index (χ4n) is 3.45. The predicted molar refractivity (Wildman–Crippen MR) is 132 cm³/mol. The molecular weight excluding hydrogens is 420 g/mol. The molecule has 2 aromatic rings. The molecule has 0 aromatic heterocycles. The Morgan fingerprint density at radius 1 is 0.909 bits per heavy atom. The van der Waals surface area contributed by atoms with Gasteiger partial charge in [0.1, 0.15) is 0 Å². The fourth-order valence-corrected chi connectivity index (χ4v) is 3.45. The fraction of sp³-hybridized carbons (Fsp3) is 0.440. The average Bonchev–Trinajstić information content (AvgIpc) is 2.82. The van der Waals surface area contributed by atoms with Gasteiger partial charge in [-0.05, 0) is 30.7 Å². The first-order valence-corrected chi connectivity index (χ1v) is 11.7. The Labute approximate surface area is 195 Å². The average molecular weight is 455 g/mol. The molecule has 0 unspecified atom stereocenters. The van der Waals surface area contributed by atoms with Crippen molar-refractivity contribution < 1.29 is 14.5 Å². The van der Waals surface area contributed by atoms with E-state index in [-0.39, 0.29) is 17.6 Å². The number of rotatable bonds is 14. The van der Waals surface area contributed by atoms with Gasteiger partial charge in [0.05, 0.1) is 4.92 Å². The number of nitro groups is 1. The number of urea groups is 1. The van der Waals surface area contributed by atoms with Crippen LogP contribution in [-0.2, 0) is 4.79 Å². The zero-order valence-corrected chi connectivity index (χ0v) is 19.3. The van der Waals surface area contributed by atoms with E-state index < -0.39 is 4.92 Å². The minimum absolute atomic E-state index is 0.00709. The summed E-state index contributed by atoms with van der Waals surface area (Å²) in [4.78, 5) is 36.9. The Hall–Kier alpha value is -3.42. The first kappa shape index (κ1) is 25.8. The lowest BCUT2D eigenvalue weighted by Crippen LogP contribution is -2.41. The highest BCUT2D eigenvalue weighted by molar-refractivity contribution is 6.01. The molecule has 8 heteroatoms. The van der Waals surface area contributed by atoms with Crippen LogP contribution < -0.4 is 15.5 Å². The van der Waals surface area contributed by atoms with E-state index >= 15 is 0 Å². The quantitative estimate of drug-likeness (QED) is 0.211. The number of amides is 3. The van der Waals surface area contributed by atoms with Crippen LogP contribution in [0.1, 0.15) is 58.3 Å². The van der Waals surface area contributed by atoms with E-state index in [4.69, 9.17) is 0 Å². The van der Waals surface area contributed by atoms with Crippen LogP contribution in [0.15, 0.2) is 54.6 Å². The number of carbonyl (C=O) groups excluding carboxylic acids is 2. The summed E-state index contributed by atoms with van der Waals surface area (Å²) in [6.07, 6.45) is 8.59. The van der Waals surface area contributed by atoms with E-state index in [0.29, 0.717) is 30.9 Å². The van der Waals surface area contributed by atoms with Crippen LogP contribution in [0.2, 0.25) is 0 Å². The Kier molecular flexibility index (Phi) is 11.4. The zero-order chi connectivity index (χ0) is 23.9. The molecule has 0 aliphatic carbocycles. The molecule has 0 saturated carbocycles. The Morgan fingerprint density at radius 2 is 1.55 bits per heavy atom. The predicted octanol–water partition coefficient (Wildman–Crippen LogP) is 5.89. The Balaban J connectivity index is 1.83. The largest absolute Gasteiger partial charge is 0.354 e. The van der Waals surface area contributed by atoms with E-state index in [0.717, 1.165) is 19.3 Å². The van der Waals surface area contributed by atoms with Gasteiger partial charge in [-0.25, -0.2) is 4.79 Å². The van der Waals surface area contributed by atoms with Crippen LogP contribution in [0.3, 0.4) is 0 Å². The number of benzene rings is 2. The van der Waals surface area contributed by atoms with Crippen molar-refractivity contribution >= 4 is 29.0 Å². The summed E-state index contributed by atoms with van der Waals surface area (Å²) >= 11 is 0. The molecule has 0 radical (unpaired) electrons. The van der Waals surface area contributed by atoms with Gasteiger partial charge in [-0.3, -0.25) is 19.8 Å². The summed E-state index contributed by atoms with van der Waals surface area (Å²) in [5.41, 5.74) is 1.10. The maximum atomic E-state index is 12.9. The topological polar surface area (TPSA) is 105 Å². The van der Waals surface area contributed by atoms with E-state index in [2.05, 4.69) is 17.6 Å². The molecule has 3 amide bonds. The standard InChI is InChI=1S/C25H34N4O4/c1-2-3-4-5-6-7-11-14-24(30)26-19-20-28(22-12-9-8-10-13-22)25(31)27-21-15-17-23(18-16-21)29(32)33/h8-10,12-13,15-18H,2-7,11,14,19-20H2,1H3,(H,26,30)(H,27,31). The number of unbranched alkanes of at least 4 members (excludes halogenated alkanes) is 6. The van der Waals surface area contributed by atoms with Crippen molar-refractivity contribution in [2.45, 2.75) is 58.3 Å². The monoisotopic (exact) mass is 454 g/mol. The smallest absolute Gasteiger partial charge is 0.326 e. The van der Waals surface area contributed by atoms with E-state index in [1.165, 1.54) is 54.8 Å². The number of hydrogen-bond acceptors (Lipinski definition) is 4. The van der Waals surface area contributed by atoms with Gasteiger partial charge in [-0.2, -0.15) is 0 Å². The van der Waals surface area contributed by atoms with Crippen LogP contribution in [0.25, 0.3) is 0 Å². The third kappa shape index (κ3) is 9.72. The first-order chi connectivity index (χ1) is 16.0. The second-order valence-corrected chi connectivity index (χ2v) is 7.94. The van der Waals surface area contributed by atoms with Gasteiger partial charge >= 0.3 is 6.03 Å². The van der Waals surface area contributed by atoms with Crippen molar-refractivity contribution in [1.29, 1.82) is 0 Å². The molecule has 2 rings (SSSR count). The lowest BCUT2D eigenvalue weighted by molar-refractivity contribution is -0.384. The molecule has 0 aliphatic rings. The lowest BCUT2D eigenvalue weighted by Gasteiger charge is -2.23. The summed E-state index contributed by atoms with van der Waals surface area (Å²) in [6.45, 7) is 2.83. The molecule has 0 atom stereocenters. The summed E-state index contributed by atoms with van der Waals surface area (Å²) in [5.74, 6) is -0.00709. The lowest BCUT2D eigenvalue weighted by atomic mass is 10.1. The molecule has 0 spiro atoms. The summed E-state index contributed by atoms with van der Waals surface area (Å²) in [7, 11) is 0. The molecule has 178 valence electrons. The summed E-state index contributed by atoms with van der Waals surface area (Å²) in [5, 5.41) is 16.5. The van der Waals surface area contributed by atoms with Crippen LogP contribution in [-0.4, -0.2) is 30.0 Å². The van der Waals surface area contributed by atoms with Crippen LogP contribution in [0.4, 0.5) is 21.9 Å². The van der Waals surface area contributed by atoms with Crippen LogP contribution in [0, 0.1) is 10.1 Å². The number of nitrogens with one attached hydrogen (secondary N) is 2. The molecule has 8 nitrogen and oxygen atoms in total. The third-order valence-corrected chi connectivity index (χ3v) is 5.31.